The van der Waals surface area contributed by atoms with Crippen molar-refractivity contribution in [3.8, 4) is 0 Å². The molecule has 2 aliphatic carbocycles. The van der Waals surface area contributed by atoms with E-state index >= 15 is 0 Å². The summed E-state index contributed by atoms with van der Waals surface area (Å²) < 4.78 is 0. The molecule has 0 aromatic heterocycles. The van der Waals surface area contributed by atoms with E-state index in [9.17, 15) is 0 Å². The maximum atomic E-state index is 3.98. The molecule has 0 amide bonds. The largest absolute Gasteiger partial charge is 0.311 e. The monoisotopic (exact) mass is 251 g/mol. The smallest absolute Gasteiger partial charge is 0.00722 e. The molecule has 1 nitrogen and oxygen atoms in total. The van der Waals surface area contributed by atoms with Crippen LogP contribution in [0.2, 0.25) is 0 Å². The van der Waals surface area contributed by atoms with E-state index in [0.717, 1.165) is 29.8 Å². The summed E-state index contributed by atoms with van der Waals surface area (Å²) in [6.45, 7) is 7.10. The minimum Gasteiger partial charge on any atom is -0.311 e. The highest BCUT2D eigenvalue weighted by Gasteiger charge is 2.28. The van der Waals surface area contributed by atoms with Crippen LogP contribution in [0.4, 0.5) is 0 Å². The van der Waals surface area contributed by atoms with E-state index in [4.69, 9.17) is 0 Å². The van der Waals surface area contributed by atoms with Gasteiger partial charge in [-0.2, -0.15) is 0 Å². The van der Waals surface area contributed by atoms with Gasteiger partial charge in [-0.25, -0.2) is 0 Å². The van der Waals surface area contributed by atoms with Crippen molar-refractivity contribution in [2.45, 2.75) is 90.6 Å². The van der Waals surface area contributed by atoms with Gasteiger partial charge in [0.1, 0.15) is 0 Å². The number of rotatable bonds is 7. The molecule has 0 radical (unpaired) electrons. The predicted octanol–water partition coefficient (Wildman–Crippen LogP) is 4.76. The van der Waals surface area contributed by atoms with Crippen molar-refractivity contribution < 1.29 is 0 Å². The standard InChI is InChI=1S/C17H33N/c1-4-16(11-14-8-9-14)18-17-7-5-6-15(12-17)10-13(2)3/h13-18H,4-12H2,1-3H3. The van der Waals surface area contributed by atoms with Gasteiger partial charge in [-0.05, 0) is 49.9 Å². The SMILES string of the molecule is CCC(CC1CC1)NC1CCCC(CC(C)C)C1. The van der Waals surface area contributed by atoms with E-state index < -0.39 is 0 Å². The van der Waals surface area contributed by atoms with Gasteiger partial charge < -0.3 is 5.32 Å². The molecule has 0 aromatic carbocycles. The Hall–Kier alpha value is -0.0400. The zero-order valence-corrected chi connectivity index (χ0v) is 12.8. The molecule has 0 saturated heterocycles. The summed E-state index contributed by atoms with van der Waals surface area (Å²) >= 11 is 0. The van der Waals surface area contributed by atoms with E-state index in [2.05, 4.69) is 26.1 Å². The summed E-state index contributed by atoms with van der Waals surface area (Å²) in [4.78, 5) is 0. The molecule has 0 aliphatic heterocycles. The highest BCUT2D eigenvalue weighted by atomic mass is 15.0. The highest BCUT2D eigenvalue weighted by Crippen LogP contribution is 2.35. The third kappa shape index (κ3) is 4.91. The molecule has 106 valence electrons. The van der Waals surface area contributed by atoms with Crippen LogP contribution in [0.5, 0.6) is 0 Å². The van der Waals surface area contributed by atoms with Gasteiger partial charge in [0.25, 0.3) is 0 Å². The van der Waals surface area contributed by atoms with Crippen molar-refractivity contribution in [2.75, 3.05) is 0 Å². The van der Waals surface area contributed by atoms with E-state index in [1.54, 1.807) is 0 Å². The lowest BCUT2D eigenvalue weighted by molar-refractivity contribution is 0.233. The van der Waals surface area contributed by atoms with Gasteiger partial charge in [-0.15, -0.1) is 0 Å². The fourth-order valence-corrected chi connectivity index (χ4v) is 3.76. The molecule has 2 aliphatic rings. The molecular formula is C17H33N. The fraction of sp³-hybridized carbons (Fsp3) is 1.00. The quantitative estimate of drug-likeness (QED) is 0.688. The van der Waals surface area contributed by atoms with E-state index in [-0.39, 0.29) is 0 Å². The second-order valence-corrected chi connectivity index (χ2v) is 7.31. The molecule has 0 aromatic rings. The Morgan fingerprint density at radius 3 is 2.39 bits per heavy atom. The van der Waals surface area contributed by atoms with Crippen molar-refractivity contribution in [2.24, 2.45) is 17.8 Å². The topological polar surface area (TPSA) is 12.0 Å². The van der Waals surface area contributed by atoms with Crippen LogP contribution in [0.15, 0.2) is 0 Å². The first-order chi connectivity index (χ1) is 8.67. The Kier molecular flexibility index (Phi) is 5.54. The summed E-state index contributed by atoms with van der Waals surface area (Å²) in [5.41, 5.74) is 0. The second kappa shape index (κ2) is 6.93. The molecule has 3 unspecified atom stereocenters. The highest BCUT2D eigenvalue weighted by molar-refractivity contribution is 4.85. The predicted molar refractivity (Wildman–Crippen MR) is 79.8 cm³/mol. The summed E-state index contributed by atoms with van der Waals surface area (Å²) in [7, 11) is 0. The Balaban J connectivity index is 1.72. The van der Waals surface area contributed by atoms with Crippen LogP contribution < -0.4 is 5.32 Å². The minimum absolute atomic E-state index is 0.806. The third-order valence-corrected chi connectivity index (χ3v) is 4.87. The van der Waals surface area contributed by atoms with Gasteiger partial charge in [0.15, 0.2) is 0 Å². The number of hydrogen-bond donors (Lipinski definition) is 1. The maximum absolute atomic E-state index is 3.98. The average Bonchev–Trinajstić information content (AvgIpc) is 3.11. The van der Waals surface area contributed by atoms with Crippen LogP contribution in [0.25, 0.3) is 0 Å². The average molecular weight is 251 g/mol. The van der Waals surface area contributed by atoms with Crippen molar-refractivity contribution in [1.29, 1.82) is 0 Å². The second-order valence-electron chi connectivity index (χ2n) is 7.31. The maximum Gasteiger partial charge on any atom is 0.00722 e. The molecule has 2 fully saturated rings. The van der Waals surface area contributed by atoms with Crippen LogP contribution in [0.1, 0.15) is 78.6 Å². The first-order valence-electron chi connectivity index (χ1n) is 8.43. The molecule has 3 atom stereocenters. The summed E-state index contributed by atoms with van der Waals surface area (Å²) in [5.74, 6) is 2.94. The van der Waals surface area contributed by atoms with Gasteiger partial charge in [-0.1, -0.05) is 46.5 Å². The molecular weight excluding hydrogens is 218 g/mol. The van der Waals surface area contributed by atoms with Gasteiger partial charge in [0.05, 0.1) is 0 Å². The number of hydrogen-bond acceptors (Lipinski definition) is 1. The van der Waals surface area contributed by atoms with Crippen LogP contribution in [-0.4, -0.2) is 12.1 Å². The van der Waals surface area contributed by atoms with Crippen LogP contribution in [-0.2, 0) is 0 Å². The number of nitrogens with one attached hydrogen (secondary N) is 1. The van der Waals surface area contributed by atoms with Crippen LogP contribution >= 0.6 is 0 Å². The van der Waals surface area contributed by atoms with Crippen molar-refractivity contribution >= 4 is 0 Å². The third-order valence-electron chi connectivity index (χ3n) is 4.87. The molecule has 1 N–H and O–H groups in total. The van der Waals surface area contributed by atoms with Crippen molar-refractivity contribution in [1.82, 2.24) is 5.32 Å². The lowest BCUT2D eigenvalue weighted by Gasteiger charge is -2.33. The Morgan fingerprint density at radius 1 is 1.00 bits per heavy atom. The van der Waals surface area contributed by atoms with Gasteiger partial charge in [0, 0.05) is 12.1 Å². The zero-order chi connectivity index (χ0) is 13.0. The van der Waals surface area contributed by atoms with E-state index in [1.165, 1.54) is 57.8 Å². The molecule has 0 heterocycles. The Labute approximate surface area is 114 Å². The molecule has 18 heavy (non-hydrogen) atoms. The first kappa shape index (κ1) is 14.4. The lowest BCUT2D eigenvalue weighted by Crippen LogP contribution is -2.41. The minimum atomic E-state index is 0.806. The summed E-state index contributed by atoms with van der Waals surface area (Å²) in [6, 6.07) is 1.63. The van der Waals surface area contributed by atoms with Crippen LogP contribution in [0.3, 0.4) is 0 Å². The zero-order valence-electron chi connectivity index (χ0n) is 12.8. The fourth-order valence-electron chi connectivity index (χ4n) is 3.76. The first-order valence-corrected chi connectivity index (χ1v) is 8.43. The molecule has 1 heteroatoms. The summed E-state index contributed by atoms with van der Waals surface area (Å²) in [6.07, 6.45) is 13.0. The molecule has 2 rings (SSSR count). The van der Waals surface area contributed by atoms with Crippen LogP contribution in [0, 0.1) is 17.8 Å². The van der Waals surface area contributed by atoms with Gasteiger partial charge in [0.2, 0.25) is 0 Å². The molecule has 2 saturated carbocycles. The Bertz CT molecular complexity index is 232. The van der Waals surface area contributed by atoms with Gasteiger partial charge >= 0.3 is 0 Å². The van der Waals surface area contributed by atoms with Gasteiger partial charge in [-0.3, -0.25) is 0 Å². The Morgan fingerprint density at radius 2 is 1.78 bits per heavy atom. The molecule has 0 spiro atoms. The molecule has 0 bridgehead atoms. The lowest BCUT2D eigenvalue weighted by atomic mass is 9.80. The summed E-state index contributed by atoms with van der Waals surface area (Å²) in [5, 5.41) is 3.98. The van der Waals surface area contributed by atoms with Crippen molar-refractivity contribution in [3.05, 3.63) is 0 Å². The van der Waals surface area contributed by atoms with Crippen molar-refractivity contribution in [3.63, 3.8) is 0 Å². The van der Waals surface area contributed by atoms with E-state index in [1.807, 2.05) is 0 Å². The normalized spacial score (nSPS) is 30.7. The van der Waals surface area contributed by atoms with E-state index in [0.29, 0.717) is 0 Å².